The maximum Gasteiger partial charge on any atom is 0.414 e. The Morgan fingerprint density at radius 2 is 2.19 bits per heavy atom. The van der Waals surface area contributed by atoms with Crippen LogP contribution in [0, 0.1) is 0 Å². The maximum atomic E-state index is 12.4. The molecular weight excluding hydrogens is 402 g/mol. The van der Waals surface area contributed by atoms with Crippen LogP contribution in [0.25, 0.3) is 22.6 Å². The van der Waals surface area contributed by atoms with Gasteiger partial charge in [0.05, 0.1) is 13.1 Å². The van der Waals surface area contributed by atoms with Gasteiger partial charge in [0.2, 0.25) is 5.91 Å². The van der Waals surface area contributed by atoms with Crippen LogP contribution in [0.2, 0.25) is 0 Å². The first kappa shape index (κ1) is 19.2. The standard InChI is InChI=1S/C22H21N3O6/c1-12(26)23-9-16-10-25(22(28)30-16)15-5-6-17-13(7-15)3-2-4-18-20(24-31-21(17)18)14-8-19(27)29-11-14/h5-8,11,16,27H,2-4,9-10H2,1H3,(H,23,26)/t16-/m0/s1. The molecular formula is C22H21N3O6. The number of fused-ring (bicyclic) bond motifs is 3. The van der Waals surface area contributed by atoms with Crippen LogP contribution in [-0.2, 0) is 22.4 Å². The Morgan fingerprint density at radius 3 is 2.97 bits per heavy atom. The van der Waals surface area contributed by atoms with Gasteiger partial charge in [-0.1, -0.05) is 5.16 Å². The molecule has 2 aromatic heterocycles. The van der Waals surface area contributed by atoms with E-state index >= 15 is 0 Å². The first-order valence-corrected chi connectivity index (χ1v) is 10.1. The second-order valence-electron chi connectivity index (χ2n) is 7.76. The van der Waals surface area contributed by atoms with Crippen molar-refractivity contribution in [2.45, 2.75) is 32.3 Å². The number of hydrogen-bond donors (Lipinski definition) is 2. The molecule has 1 atom stereocenters. The van der Waals surface area contributed by atoms with Crippen molar-refractivity contribution in [3.05, 3.63) is 41.7 Å². The van der Waals surface area contributed by atoms with Crippen LogP contribution in [0.3, 0.4) is 0 Å². The first-order chi connectivity index (χ1) is 15.0. The van der Waals surface area contributed by atoms with Crippen LogP contribution >= 0.6 is 0 Å². The fraction of sp³-hybridized carbons (Fsp3) is 0.318. The predicted molar refractivity (Wildman–Crippen MR) is 110 cm³/mol. The van der Waals surface area contributed by atoms with Gasteiger partial charge in [0, 0.05) is 35.4 Å². The molecule has 0 spiro atoms. The molecule has 3 aromatic rings. The number of carbonyl (C=O) groups excluding carboxylic acids is 2. The Labute approximate surface area is 177 Å². The topological polar surface area (TPSA) is 118 Å². The van der Waals surface area contributed by atoms with Gasteiger partial charge in [-0.2, -0.15) is 0 Å². The third-order valence-corrected chi connectivity index (χ3v) is 5.62. The number of nitrogens with zero attached hydrogens (tertiary/aromatic N) is 2. The third-order valence-electron chi connectivity index (χ3n) is 5.62. The number of nitrogens with one attached hydrogen (secondary N) is 1. The molecule has 5 rings (SSSR count). The molecule has 2 N–H and O–H groups in total. The van der Waals surface area contributed by atoms with Gasteiger partial charge in [0.1, 0.15) is 18.1 Å². The molecule has 0 unspecified atom stereocenters. The zero-order chi connectivity index (χ0) is 21.5. The quantitative estimate of drug-likeness (QED) is 0.661. The molecule has 160 valence electrons. The first-order valence-electron chi connectivity index (χ1n) is 10.1. The van der Waals surface area contributed by atoms with Gasteiger partial charge in [0.15, 0.2) is 5.76 Å². The highest BCUT2D eigenvalue weighted by molar-refractivity contribution is 5.90. The van der Waals surface area contributed by atoms with Crippen molar-refractivity contribution in [1.82, 2.24) is 10.5 Å². The lowest BCUT2D eigenvalue weighted by molar-refractivity contribution is -0.119. The number of rotatable bonds is 4. The van der Waals surface area contributed by atoms with Crippen molar-refractivity contribution in [1.29, 1.82) is 0 Å². The highest BCUT2D eigenvalue weighted by Crippen LogP contribution is 2.40. The average Bonchev–Trinajstić information content (AvgIpc) is 3.42. The van der Waals surface area contributed by atoms with Gasteiger partial charge in [-0.15, -0.1) is 0 Å². The number of carbonyl (C=O) groups is 2. The van der Waals surface area contributed by atoms with Gasteiger partial charge in [-0.05, 0) is 43.0 Å². The lowest BCUT2D eigenvalue weighted by Gasteiger charge is -2.15. The molecule has 1 aromatic carbocycles. The van der Waals surface area contributed by atoms with Crippen LogP contribution < -0.4 is 10.2 Å². The van der Waals surface area contributed by atoms with E-state index in [1.807, 2.05) is 18.2 Å². The van der Waals surface area contributed by atoms with Crippen molar-refractivity contribution >= 4 is 17.7 Å². The molecule has 0 bridgehead atoms. The molecule has 1 aliphatic carbocycles. The van der Waals surface area contributed by atoms with Gasteiger partial charge in [-0.3, -0.25) is 9.69 Å². The van der Waals surface area contributed by atoms with Crippen LogP contribution in [0.1, 0.15) is 24.5 Å². The number of ether oxygens (including phenoxy) is 1. The number of cyclic esters (lactones) is 1. The fourth-order valence-electron chi connectivity index (χ4n) is 4.16. The van der Waals surface area contributed by atoms with E-state index in [-0.39, 0.29) is 24.5 Å². The highest BCUT2D eigenvalue weighted by atomic mass is 16.6. The number of furan rings is 1. The van der Waals surface area contributed by atoms with E-state index < -0.39 is 6.09 Å². The van der Waals surface area contributed by atoms with E-state index in [2.05, 4.69) is 10.5 Å². The van der Waals surface area contributed by atoms with Crippen LogP contribution in [0.4, 0.5) is 10.5 Å². The molecule has 31 heavy (non-hydrogen) atoms. The maximum absolute atomic E-state index is 12.4. The third kappa shape index (κ3) is 3.52. The normalized spacial score (nSPS) is 17.6. The van der Waals surface area contributed by atoms with Gasteiger partial charge >= 0.3 is 6.09 Å². The lowest BCUT2D eigenvalue weighted by atomic mass is 10.0. The van der Waals surface area contributed by atoms with Crippen molar-refractivity contribution < 1.29 is 28.4 Å². The molecule has 1 aliphatic heterocycles. The SMILES string of the molecule is CC(=O)NC[C@H]1CN(c2ccc3c(c2)CCCc2c(-c4coc(O)c4)noc2-3)C(=O)O1. The second-order valence-corrected chi connectivity index (χ2v) is 7.76. The van der Waals surface area contributed by atoms with Gasteiger partial charge in [-0.25, -0.2) is 4.79 Å². The monoisotopic (exact) mass is 423 g/mol. The summed E-state index contributed by atoms with van der Waals surface area (Å²) < 4.78 is 16.1. The number of amides is 2. The smallest absolute Gasteiger partial charge is 0.414 e. The Bertz CT molecular complexity index is 1160. The number of hydrogen-bond acceptors (Lipinski definition) is 7. The molecule has 1 fully saturated rings. The number of aromatic nitrogens is 1. The molecule has 0 saturated carbocycles. The summed E-state index contributed by atoms with van der Waals surface area (Å²) in [6.45, 7) is 2.09. The highest BCUT2D eigenvalue weighted by Gasteiger charge is 2.33. The Morgan fingerprint density at radius 1 is 1.32 bits per heavy atom. The summed E-state index contributed by atoms with van der Waals surface area (Å²) in [6, 6.07) is 7.30. The minimum absolute atomic E-state index is 0.160. The van der Waals surface area contributed by atoms with Crippen LogP contribution in [0.15, 0.2) is 39.5 Å². The van der Waals surface area contributed by atoms with E-state index in [4.69, 9.17) is 13.7 Å². The van der Waals surface area contributed by atoms with Gasteiger partial charge < -0.3 is 24.1 Å². The molecule has 3 heterocycles. The lowest BCUT2D eigenvalue weighted by Crippen LogP contribution is -2.33. The largest absolute Gasteiger partial charge is 0.481 e. The number of anilines is 1. The number of aromatic hydroxyl groups is 1. The van der Waals surface area contributed by atoms with Crippen molar-refractivity contribution in [2.24, 2.45) is 0 Å². The van der Waals surface area contributed by atoms with Crippen LogP contribution in [0.5, 0.6) is 5.95 Å². The zero-order valence-corrected chi connectivity index (χ0v) is 16.9. The average molecular weight is 423 g/mol. The van der Waals surface area contributed by atoms with Gasteiger partial charge in [0.25, 0.3) is 5.95 Å². The molecule has 2 amide bonds. The minimum Gasteiger partial charge on any atom is -0.481 e. The number of aryl methyl sites for hydroxylation is 1. The Hall–Kier alpha value is -3.75. The second kappa shape index (κ2) is 7.50. The van der Waals surface area contributed by atoms with E-state index in [0.717, 1.165) is 41.6 Å². The Balaban J connectivity index is 1.43. The van der Waals surface area contributed by atoms with Crippen molar-refractivity contribution in [3.63, 3.8) is 0 Å². The van der Waals surface area contributed by atoms with Crippen LogP contribution in [-0.4, -0.2) is 41.5 Å². The van der Waals surface area contributed by atoms with E-state index in [0.29, 0.717) is 23.6 Å². The minimum atomic E-state index is -0.425. The summed E-state index contributed by atoms with van der Waals surface area (Å²) in [5.74, 6) is 0.370. The molecule has 2 aliphatic rings. The fourth-order valence-corrected chi connectivity index (χ4v) is 4.16. The summed E-state index contributed by atoms with van der Waals surface area (Å²) in [7, 11) is 0. The van der Waals surface area contributed by atoms with E-state index in [1.165, 1.54) is 19.3 Å². The summed E-state index contributed by atoms with van der Waals surface area (Å²) >= 11 is 0. The summed E-state index contributed by atoms with van der Waals surface area (Å²) in [4.78, 5) is 25.1. The van der Waals surface area contributed by atoms with E-state index in [1.54, 1.807) is 4.90 Å². The summed E-state index contributed by atoms with van der Waals surface area (Å²) in [5.41, 5.74) is 5.06. The molecule has 9 heteroatoms. The number of benzene rings is 1. The molecule has 9 nitrogen and oxygen atoms in total. The van der Waals surface area contributed by atoms with Crippen molar-refractivity contribution in [2.75, 3.05) is 18.0 Å². The Kier molecular flexibility index (Phi) is 4.65. The molecule has 1 saturated heterocycles. The predicted octanol–water partition coefficient (Wildman–Crippen LogP) is 3.26. The zero-order valence-electron chi connectivity index (χ0n) is 16.9. The molecule has 0 radical (unpaired) electrons. The summed E-state index contributed by atoms with van der Waals surface area (Å²) in [5, 5.41) is 16.4. The summed E-state index contributed by atoms with van der Waals surface area (Å²) in [6.07, 6.45) is 3.13. The van der Waals surface area contributed by atoms with E-state index in [9.17, 15) is 14.7 Å². The van der Waals surface area contributed by atoms with Crippen molar-refractivity contribution in [3.8, 4) is 28.5 Å².